The van der Waals surface area contributed by atoms with Crippen molar-refractivity contribution in [2.24, 2.45) is 11.7 Å². The lowest BCUT2D eigenvalue weighted by Crippen LogP contribution is -2.35. The summed E-state index contributed by atoms with van der Waals surface area (Å²) in [5.41, 5.74) is 5.87. The molecule has 0 amide bonds. The van der Waals surface area contributed by atoms with E-state index in [2.05, 4.69) is 15.9 Å². The Kier molecular flexibility index (Phi) is 4.82. The van der Waals surface area contributed by atoms with Crippen LogP contribution in [-0.4, -0.2) is 19.3 Å². The molecule has 2 N–H and O–H groups in total. The molecule has 1 aromatic carbocycles. The van der Waals surface area contributed by atoms with E-state index in [0.717, 1.165) is 10.0 Å². The van der Waals surface area contributed by atoms with Crippen molar-refractivity contribution in [3.63, 3.8) is 0 Å². The minimum Gasteiger partial charge on any atom is -0.493 e. The maximum Gasteiger partial charge on any atom is 0.396 e. The van der Waals surface area contributed by atoms with E-state index in [1.54, 1.807) is 25.1 Å². The van der Waals surface area contributed by atoms with E-state index >= 15 is 0 Å². The summed E-state index contributed by atoms with van der Waals surface area (Å²) in [7, 11) is 0. The van der Waals surface area contributed by atoms with E-state index < -0.39 is 25.2 Å². The third-order valence-electron chi connectivity index (χ3n) is 2.34. The van der Waals surface area contributed by atoms with Crippen LogP contribution in [0.3, 0.4) is 0 Å². The van der Waals surface area contributed by atoms with Crippen LogP contribution < -0.4 is 10.5 Å². The Hall–Kier alpha value is -0.750. The number of alkyl halides is 3. The van der Waals surface area contributed by atoms with Crippen molar-refractivity contribution >= 4 is 15.9 Å². The van der Waals surface area contributed by atoms with Crippen LogP contribution in [0.25, 0.3) is 0 Å². The molecule has 0 saturated carbocycles. The number of aryl methyl sites for hydroxylation is 1. The number of ether oxygens (including phenoxy) is 1. The summed E-state index contributed by atoms with van der Waals surface area (Å²) in [5, 5.41) is 0. The summed E-state index contributed by atoms with van der Waals surface area (Å²) in [5.74, 6) is -1.21. The van der Waals surface area contributed by atoms with Gasteiger partial charge < -0.3 is 10.5 Å². The predicted octanol–water partition coefficient (Wildman–Crippen LogP) is 3.27. The van der Waals surface area contributed by atoms with Crippen molar-refractivity contribution in [1.82, 2.24) is 0 Å². The lowest BCUT2D eigenvalue weighted by Gasteiger charge is -2.19. The molecule has 0 bridgehead atoms. The zero-order valence-electron chi connectivity index (χ0n) is 9.22. The molecule has 0 spiro atoms. The van der Waals surface area contributed by atoms with Crippen LogP contribution in [0.2, 0.25) is 0 Å². The molecule has 1 rings (SSSR count). The Labute approximate surface area is 106 Å². The molecule has 2 nitrogen and oxygen atoms in total. The summed E-state index contributed by atoms with van der Waals surface area (Å²) in [6.07, 6.45) is -4.32. The molecule has 1 unspecified atom stereocenters. The summed E-state index contributed by atoms with van der Waals surface area (Å²) < 4.78 is 43.2. The first kappa shape index (κ1) is 14.3. The third-order valence-corrected chi connectivity index (χ3v) is 2.83. The Bertz CT molecular complexity index is 381. The number of nitrogens with two attached hydrogens (primary N) is 1. The van der Waals surface area contributed by atoms with Crippen LogP contribution in [0.1, 0.15) is 5.56 Å². The highest BCUT2D eigenvalue weighted by molar-refractivity contribution is 9.10. The van der Waals surface area contributed by atoms with E-state index in [1.807, 2.05) is 0 Å². The van der Waals surface area contributed by atoms with Crippen molar-refractivity contribution in [3.05, 3.63) is 28.2 Å². The molecule has 1 aromatic rings. The van der Waals surface area contributed by atoms with Crippen LogP contribution in [0.15, 0.2) is 22.7 Å². The molecule has 1 atom stereocenters. The molecule has 17 heavy (non-hydrogen) atoms. The molecule has 0 aromatic heterocycles. The van der Waals surface area contributed by atoms with E-state index in [0.29, 0.717) is 5.75 Å². The molecule has 0 aliphatic rings. The van der Waals surface area contributed by atoms with Gasteiger partial charge in [-0.15, -0.1) is 0 Å². The first-order chi connectivity index (χ1) is 7.84. The third kappa shape index (κ3) is 4.20. The largest absolute Gasteiger partial charge is 0.493 e. The van der Waals surface area contributed by atoms with E-state index in [4.69, 9.17) is 10.5 Å². The number of hydrogen-bond acceptors (Lipinski definition) is 2. The van der Waals surface area contributed by atoms with Gasteiger partial charge in [0.15, 0.2) is 0 Å². The number of halogens is 4. The molecule has 96 valence electrons. The van der Waals surface area contributed by atoms with E-state index in [-0.39, 0.29) is 0 Å². The van der Waals surface area contributed by atoms with Crippen LogP contribution in [-0.2, 0) is 0 Å². The predicted molar refractivity (Wildman–Crippen MR) is 63.0 cm³/mol. The van der Waals surface area contributed by atoms with Gasteiger partial charge in [0.25, 0.3) is 0 Å². The van der Waals surface area contributed by atoms with Gasteiger partial charge in [-0.2, -0.15) is 13.2 Å². The van der Waals surface area contributed by atoms with E-state index in [1.165, 1.54) is 0 Å². The maximum absolute atomic E-state index is 12.4. The molecule has 6 heteroatoms. The topological polar surface area (TPSA) is 35.2 Å². The van der Waals surface area contributed by atoms with Crippen molar-refractivity contribution in [1.29, 1.82) is 0 Å². The van der Waals surface area contributed by atoms with Gasteiger partial charge in [-0.25, -0.2) is 0 Å². The van der Waals surface area contributed by atoms with Crippen LogP contribution in [0.5, 0.6) is 5.75 Å². The lowest BCUT2D eigenvalue weighted by molar-refractivity contribution is -0.178. The fraction of sp³-hybridized carbons (Fsp3) is 0.455. The van der Waals surface area contributed by atoms with Crippen molar-refractivity contribution in [3.8, 4) is 5.75 Å². The Morgan fingerprint density at radius 1 is 1.41 bits per heavy atom. The highest BCUT2D eigenvalue weighted by atomic mass is 79.9. The fourth-order valence-corrected chi connectivity index (χ4v) is 1.56. The van der Waals surface area contributed by atoms with Crippen molar-refractivity contribution in [2.45, 2.75) is 13.1 Å². The average Bonchev–Trinajstić information content (AvgIpc) is 2.22. The summed E-state index contributed by atoms with van der Waals surface area (Å²) in [6.45, 7) is 0.834. The normalized spacial score (nSPS) is 13.5. The summed E-state index contributed by atoms with van der Waals surface area (Å²) in [4.78, 5) is 0. The second kappa shape index (κ2) is 5.73. The second-order valence-electron chi connectivity index (χ2n) is 3.70. The molecular formula is C11H13BrF3NO. The van der Waals surface area contributed by atoms with Gasteiger partial charge in [0.1, 0.15) is 18.3 Å². The molecule has 0 aliphatic carbocycles. The molecular weight excluding hydrogens is 299 g/mol. The first-order valence-electron chi connectivity index (χ1n) is 5.00. The number of benzene rings is 1. The Morgan fingerprint density at radius 3 is 2.59 bits per heavy atom. The smallest absolute Gasteiger partial charge is 0.396 e. The lowest BCUT2D eigenvalue weighted by atomic mass is 10.1. The summed E-state index contributed by atoms with van der Waals surface area (Å²) >= 11 is 3.23. The molecule has 0 fully saturated rings. The van der Waals surface area contributed by atoms with Crippen molar-refractivity contribution in [2.75, 3.05) is 13.2 Å². The molecule has 0 heterocycles. The molecule has 0 aliphatic heterocycles. The average molecular weight is 312 g/mol. The fourth-order valence-electron chi connectivity index (χ4n) is 1.22. The van der Waals surface area contributed by atoms with Crippen molar-refractivity contribution < 1.29 is 17.9 Å². The Balaban J connectivity index is 2.69. The molecule has 0 radical (unpaired) electrons. The zero-order chi connectivity index (χ0) is 13.1. The molecule has 0 saturated heterocycles. The first-order valence-corrected chi connectivity index (χ1v) is 5.79. The zero-order valence-corrected chi connectivity index (χ0v) is 10.8. The van der Waals surface area contributed by atoms with Gasteiger partial charge in [0.2, 0.25) is 0 Å². The number of rotatable bonds is 4. The quantitative estimate of drug-likeness (QED) is 0.926. The highest BCUT2D eigenvalue weighted by Gasteiger charge is 2.39. The van der Waals surface area contributed by atoms with Gasteiger partial charge in [-0.3, -0.25) is 0 Å². The van der Waals surface area contributed by atoms with Crippen LogP contribution >= 0.6 is 15.9 Å². The standard InChI is InChI=1S/C11H13BrF3NO/c1-7-2-3-9(12)4-10(7)17-6-8(5-16)11(13,14)15/h2-4,8H,5-6,16H2,1H3. The number of hydrogen-bond donors (Lipinski definition) is 1. The maximum atomic E-state index is 12.4. The minimum atomic E-state index is -4.32. The van der Waals surface area contributed by atoms with Gasteiger partial charge in [-0.1, -0.05) is 22.0 Å². The summed E-state index contributed by atoms with van der Waals surface area (Å²) in [6, 6.07) is 5.20. The van der Waals surface area contributed by atoms with Crippen LogP contribution in [0, 0.1) is 12.8 Å². The van der Waals surface area contributed by atoms with Gasteiger partial charge >= 0.3 is 6.18 Å². The van der Waals surface area contributed by atoms with Gasteiger partial charge in [-0.05, 0) is 24.6 Å². The monoisotopic (exact) mass is 311 g/mol. The van der Waals surface area contributed by atoms with Gasteiger partial charge in [0, 0.05) is 11.0 Å². The SMILES string of the molecule is Cc1ccc(Br)cc1OCC(CN)C(F)(F)F. The minimum absolute atomic E-state index is 0.432. The van der Waals surface area contributed by atoms with Crippen LogP contribution in [0.4, 0.5) is 13.2 Å². The van der Waals surface area contributed by atoms with Gasteiger partial charge in [0.05, 0.1) is 0 Å². The second-order valence-corrected chi connectivity index (χ2v) is 4.61. The van der Waals surface area contributed by atoms with E-state index in [9.17, 15) is 13.2 Å². The Morgan fingerprint density at radius 2 is 2.06 bits per heavy atom. The highest BCUT2D eigenvalue weighted by Crippen LogP contribution is 2.28.